The van der Waals surface area contributed by atoms with Crippen molar-refractivity contribution in [3.05, 3.63) is 82.3 Å². The summed E-state index contributed by atoms with van der Waals surface area (Å²) in [5.74, 6) is 0.860. The molecule has 2 amide bonds. The number of furan rings is 1. The quantitative estimate of drug-likeness (QED) is 0.446. The Bertz CT molecular complexity index is 1350. The van der Waals surface area contributed by atoms with Crippen LogP contribution in [0.3, 0.4) is 0 Å². The Labute approximate surface area is 180 Å². The van der Waals surface area contributed by atoms with Gasteiger partial charge >= 0.3 is 0 Å². The summed E-state index contributed by atoms with van der Waals surface area (Å²) in [7, 11) is 0. The number of aromatic nitrogens is 1. The van der Waals surface area contributed by atoms with E-state index in [1.807, 2.05) is 36.4 Å². The molecule has 1 aliphatic rings. The van der Waals surface area contributed by atoms with Crippen molar-refractivity contribution >= 4 is 40.0 Å². The van der Waals surface area contributed by atoms with Crippen LogP contribution in [-0.2, 0) is 4.79 Å². The van der Waals surface area contributed by atoms with E-state index in [0.29, 0.717) is 33.6 Å². The molecule has 7 nitrogen and oxygen atoms in total. The molecule has 1 saturated heterocycles. The number of aliphatic hydroxyl groups excluding tert-OH is 1. The average Bonchev–Trinajstić information content (AvgIpc) is 3.44. The minimum absolute atomic E-state index is 0.332. The van der Waals surface area contributed by atoms with Crippen LogP contribution < -0.4 is 5.32 Å². The van der Waals surface area contributed by atoms with Crippen LogP contribution in [0.5, 0.6) is 0 Å². The van der Waals surface area contributed by atoms with Gasteiger partial charge in [0.1, 0.15) is 22.8 Å². The third-order valence-corrected chi connectivity index (χ3v) is 5.69. The van der Waals surface area contributed by atoms with Crippen LogP contribution in [0.2, 0.25) is 0 Å². The number of fused-ring (bicyclic) bond motifs is 1. The molecule has 5 rings (SSSR count). The Kier molecular flexibility index (Phi) is 4.72. The third kappa shape index (κ3) is 3.67. The number of oxazole rings is 1. The predicted molar refractivity (Wildman–Crippen MR) is 116 cm³/mol. The summed E-state index contributed by atoms with van der Waals surface area (Å²) in [6.07, 6.45) is 0.547. The van der Waals surface area contributed by atoms with Gasteiger partial charge in [0, 0.05) is 10.9 Å². The Morgan fingerprint density at radius 2 is 1.90 bits per heavy atom. The van der Waals surface area contributed by atoms with Crippen molar-refractivity contribution in [2.45, 2.75) is 13.0 Å². The highest BCUT2D eigenvalue weighted by atomic mass is 32.2. The molecule has 0 saturated carbocycles. The number of rotatable bonds is 4. The maximum atomic E-state index is 11.8. The second-order valence-electron chi connectivity index (χ2n) is 7.03. The number of benzene rings is 2. The van der Waals surface area contributed by atoms with Gasteiger partial charge in [0.25, 0.3) is 11.1 Å². The SMILES string of the molecule is Cc1oc(-c2ccccc2)nc1C(O)c1cc2cc(/C=C3\SC(=O)NC3=O)ccc2o1. The van der Waals surface area contributed by atoms with E-state index in [1.165, 1.54) is 0 Å². The number of aryl methyl sites for hydroxylation is 1. The number of hydrogen-bond acceptors (Lipinski definition) is 7. The lowest BCUT2D eigenvalue weighted by Gasteiger charge is -2.03. The standard InChI is InChI=1S/C23H16N2O5S/c1-12-19(24-22(29-12)14-5-3-2-4-6-14)20(26)17-11-15-9-13(7-8-16(15)30-17)10-18-21(27)25-23(28)31-18/h2-11,20,26H,1H3,(H,25,27,28)/b18-10-. The molecule has 154 valence electrons. The summed E-state index contributed by atoms with van der Waals surface area (Å²) < 4.78 is 11.6. The highest BCUT2D eigenvalue weighted by Crippen LogP contribution is 2.33. The van der Waals surface area contributed by atoms with E-state index in [1.54, 1.807) is 31.2 Å². The lowest BCUT2D eigenvalue weighted by Crippen LogP contribution is -2.17. The molecule has 31 heavy (non-hydrogen) atoms. The normalized spacial score (nSPS) is 16.3. The highest BCUT2D eigenvalue weighted by Gasteiger charge is 2.26. The number of amides is 2. The first-order chi connectivity index (χ1) is 15.0. The van der Waals surface area contributed by atoms with Crippen molar-refractivity contribution in [1.82, 2.24) is 10.3 Å². The zero-order chi connectivity index (χ0) is 21.5. The first kappa shape index (κ1) is 19.3. The minimum atomic E-state index is -1.09. The lowest BCUT2D eigenvalue weighted by atomic mass is 10.1. The van der Waals surface area contributed by atoms with Crippen LogP contribution in [0.4, 0.5) is 4.79 Å². The summed E-state index contributed by atoms with van der Waals surface area (Å²) >= 11 is 0.863. The van der Waals surface area contributed by atoms with E-state index in [4.69, 9.17) is 8.83 Å². The fraction of sp³-hybridized carbons (Fsp3) is 0.0870. The first-order valence-corrected chi connectivity index (χ1v) is 10.3. The number of carbonyl (C=O) groups excluding carboxylic acids is 2. The third-order valence-electron chi connectivity index (χ3n) is 4.88. The minimum Gasteiger partial charge on any atom is -0.458 e. The maximum absolute atomic E-state index is 11.8. The summed E-state index contributed by atoms with van der Waals surface area (Å²) in [6, 6.07) is 16.5. The molecule has 4 aromatic rings. The molecule has 0 spiro atoms. The van der Waals surface area contributed by atoms with Gasteiger partial charge < -0.3 is 13.9 Å². The largest absolute Gasteiger partial charge is 0.458 e. The van der Waals surface area contributed by atoms with Gasteiger partial charge in [-0.25, -0.2) is 4.98 Å². The second kappa shape index (κ2) is 7.57. The molecule has 2 aromatic carbocycles. The Balaban J connectivity index is 1.46. The zero-order valence-electron chi connectivity index (χ0n) is 16.3. The van der Waals surface area contributed by atoms with Crippen LogP contribution >= 0.6 is 11.8 Å². The molecule has 0 bridgehead atoms. The van der Waals surface area contributed by atoms with Crippen LogP contribution in [0.15, 0.2) is 68.3 Å². The molecule has 0 radical (unpaired) electrons. The number of hydrogen-bond donors (Lipinski definition) is 2. The maximum Gasteiger partial charge on any atom is 0.290 e. The number of nitrogens with zero attached hydrogens (tertiary/aromatic N) is 1. The monoisotopic (exact) mass is 432 g/mol. The number of imide groups is 1. The van der Waals surface area contributed by atoms with Gasteiger partial charge in [0.2, 0.25) is 5.89 Å². The van der Waals surface area contributed by atoms with Gasteiger partial charge in [-0.15, -0.1) is 0 Å². The second-order valence-corrected chi connectivity index (χ2v) is 8.04. The van der Waals surface area contributed by atoms with Gasteiger partial charge in [-0.05, 0) is 60.7 Å². The topological polar surface area (TPSA) is 106 Å². The molecule has 8 heteroatoms. The predicted octanol–water partition coefficient (Wildman–Crippen LogP) is 4.80. The van der Waals surface area contributed by atoms with E-state index in [2.05, 4.69) is 10.3 Å². The Morgan fingerprint density at radius 3 is 2.65 bits per heavy atom. The van der Waals surface area contributed by atoms with Gasteiger partial charge in [-0.1, -0.05) is 24.3 Å². The van der Waals surface area contributed by atoms with Crippen molar-refractivity contribution in [2.75, 3.05) is 0 Å². The van der Waals surface area contributed by atoms with Gasteiger partial charge in [-0.2, -0.15) is 0 Å². The number of aliphatic hydroxyl groups is 1. The fourth-order valence-electron chi connectivity index (χ4n) is 3.38. The summed E-state index contributed by atoms with van der Waals surface area (Å²) in [5.41, 5.74) is 2.53. The first-order valence-electron chi connectivity index (χ1n) is 9.47. The molecule has 3 heterocycles. The lowest BCUT2D eigenvalue weighted by molar-refractivity contribution is -0.115. The van der Waals surface area contributed by atoms with Crippen molar-refractivity contribution in [3.63, 3.8) is 0 Å². The molecule has 1 atom stereocenters. The van der Waals surface area contributed by atoms with E-state index in [-0.39, 0.29) is 5.24 Å². The molecule has 1 fully saturated rings. The van der Waals surface area contributed by atoms with Crippen LogP contribution in [0, 0.1) is 6.92 Å². The summed E-state index contributed by atoms with van der Waals surface area (Å²) in [4.78, 5) is 27.9. The molecule has 2 N–H and O–H groups in total. The molecular weight excluding hydrogens is 416 g/mol. The smallest absolute Gasteiger partial charge is 0.290 e. The number of carbonyl (C=O) groups is 2. The Morgan fingerprint density at radius 1 is 1.10 bits per heavy atom. The molecule has 1 unspecified atom stereocenters. The fourth-order valence-corrected chi connectivity index (χ4v) is 4.06. The highest BCUT2D eigenvalue weighted by molar-refractivity contribution is 8.18. The number of nitrogens with one attached hydrogen (secondary N) is 1. The summed E-state index contributed by atoms with van der Waals surface area (Å²) in [5, 5.41) is 13.5. The van der Waals surface area contributed by atoms with E-state index >= 15 is 0 Å². The molecule has 1 aliphatic heterocycles. The molecule has 2 aromatic heterocycles. The van der Waals surface area contributed by atoms with Gasteiger partial charge in [0.05, 0.1) is 4.91 Å². The molecule has 0 aliphatic carbocycles. The van der Waals surface area contributed by atoms with Gasteiger partial charge in [-0.3, -0.25) is 14.9 Å². The summed E-state index contributed by atoms with van der Waals surface area (Å²) in [6.45, 7) is 1.75. The van der Waals surface area contributed by atoms with E-state index in [9.17, 15) is 14.7 Å². The van der Waals surface area contributed by atoms with Crippen molar-refractivity contribution in [3.8, 4) is 11.5 Å². The van der Waals surface area contributed by atoms with Crippen LogP contribution in [0.1, 0.15) is 28.9 Å². The van der Waals surface area contributed by atoms with Crippen LogP contribution in [-0.4, -0.2) is 21.2 Å². The van der Waals surface area contributed by atoms with Crippen molar-refractivity contribution in [2.24, 2.45) is 0 Å². The number of thioether (sulfide) groups is 1. The van der Waals surface area contributed by atoms with Crippen molar-refractivity contribution in [1.29, 1.82) is 0 Å². The van der Waals surface area contributed by atoms with Crippen LogP contribution in [0.25, 0.3) is 28.5 Å². The van der Waals surface area contributed by atoms with E-state index < -0.39 is 12.0 Å². The molecular formula is C23H16N2O5S. The average molecular weight is 432 g/mol. The van der Waals surface area contributed by atoms with Gasteiger partial charge in [0.15, 0.2) is 6.10 Å². The van der Waals surface area contributed by atoms with E-state index in [0.717, 1.165) is 28.3 Å². The Hall–Kier alpha value is -3.62. The van der Waals surface area contributed by atoms with Crippen molar-refractivity contribution < 1.29 is 23.5 Å². The zero-order valence-corrected chi connectivity index (χ0v) is 17.1.